The summed E-state index contributed by atoms with van der Waals surface area (Å²) in [4.78, 5) is 11.6. The molecule has 0 unspecified atom stereocenters. The molecule has 1 aromatic heterocycles. The minimum Gasteiger partial charge on any atom is -0.347 e. The van der Waals surface area contributed by atoms with E-state index in [1.807, 2.05) is 0 Å². The highest BCUT2D eigenvalue weighted by molar-refractivity contribution is 5.91. The van der Waals surface area contributed by atoms with Crippen LogP contribution in [0.4, 0.5) is 4.39 Å². The molecule has 0 aliphatic heterocycles. The summed E-state index contributed by atoms with van der Waals surface area (Å²) in [6, 6.07) is 5.94. The second-order valence-electron chi connectivity index (χ2n) is 3.59. The Kier molecular flexibility index (Phi) is 3.13. The second-order valence-corrected chi connectivity index (χ2v) is 3.59. The number of amides is 1. The zero-order valence-corrected chi connectivity index (χ0v) is 9.22. The van der Waals surface area contributed by atoms with Crippen molar-refractivity contribution in [1.82, 2.24) is 20.3 Å². The summed E-state index contributed by atoms with van der Waals surface area (Å²) in [7, 11) is 1.68. The van der Waals surface area contributed by atoms with Gasteiger partial charge in [0, 0.05) is 13.6 Å². The van der Waals surface area contributed by atoms with Crippen LogP contribution >= 0.6 is 0 Å². The molecule has 1 aromatic carbocycles. The molecule has 0 spiro atoms. The fourth-order valence-corrected chi connectivity index (χ4v) is 1.33. The average Bonchev–Trinajstić information content (AvgIpc) is 2.75. The van der Waals surface area contributed by atoms with Crippen LogP contribution in [0.2, 0.25) is 0 Å². The van der Waals surface area contributed by atoms with Gasteiger partial charge in [-0.1, -0.05) is 17.3 Å². The molecule has 6 heteroatoms. The molecule has 88 valence electrons. The van der Waals surface area contributed by atoms with E-state index in [4.69, 9.17) is 0 Å². The minimum absolute atomic E-state index is 0.259. The maximum Gasteiger partial charge on any atom is 0.273 e. The Morgan fingerprint density at radius 2 is 2.12 bits per heavy atom. The number of rotatable bonds is 3. The van der Waals surface area contributed by atoms with E-state index in [9.17, 15) is 9.18 Å². The molecule has 5 nitrogen and oxygen atoms in total. The number of benzene rings is 1. The van der Waals surface area contributed by atoms with Crippen LogP contribution < -0.4 is 5.32 Å². The van der Waals surface area contributed by atoms with Crippen LogP contribution in [0.1, 0.15) is 16.1 Å². The normalized spacial score (nSPS) is 10.2. The topological polar surface area (TPSA) is 59.8 Å². The number of aromatic nitrogens is 3. The minimum atomic E-state index is -0.303. The SMILES string of the molecule is Cn1cc(C(=O)NCc2ccc(F)cc2)nn1. The third kappa shape index (κ3) is 2.87. The van der Waals surface area contributed by atoms with Gasteiger partial charge in [0.1, 0.15) is 5.82 Å². The zero-order chi connectivity index (χ0) is 12.3. The number of aryl methyl sites for hydroxylation is 1. The van der Waals surface area contributed by atoms with Crippen molar-refractivity contribution in [1.29, 1.82) is 0 Å². The molecule has 17 heavy (non-hydrogen) atoms. The third-order valence-corrected chi connectivity index (χ3v) is 2.20. The standard InChI is InChI=1S/C11H11FN4O/c1-16-7-10(14-15-16)11(17)13-6-8-2-4-9(12)5-3-8/h2-5,7H,6H2,1H3,(H,13,17). The predicted octanol–water partition coefficient (Wildman–Crippen LogP) is 0.884. The van der Waals surface area contributed by atoms with E-state index in [0.29, 0.717) is 6.54 Å². The molecular formula is C11H11FN4O. The molecule has 0 saturated heterocycles. The molecule has 1 heterocycles. The maximum absolute atomic E-state index is 12.6. The van der Waals surface area contributed by atoms with Crippen molar-refractivity contribution in [2.24, 2.45) is 7.05 Å². The molecular weight excluding hydrogens is 223 g/mol. The number of hydrogen-bond donors (Lipinski definition) is 1. The van der Waals surface area contributed by atoms with E-state index in [-0.39, 0.29) is 17.4 Å². The average molecular weight is 234 g/mol. The van der Waals surface area contributed by atoms with Gasteiger partial charge in [-0.25, -0.2) is 4.39 Å². The van der Waals surface area contributed by atoms with Gasteiger partial charge in [-0.3, -0.25) is 9.48 Å². The van der Waals surface area contributed by atoms with E-state index in [2.05, 4.69) is 15.6 Å². The Hall–Kier alpha value is -2.24. The zero-order valence-electron chi connectivity index (χ0n) is 9.22. The van der Waals surface area contributed by atoms with Crippen molar-refractivity contribution >= 4 is 5.91 Å². The monoisotopic (exact) mass is 234 g/mol. The highest BCUT2D eigenvalue weighted by atomic mass is 19.1. The van der Waals surface area contributed by atoms with Crippen LogP contribution in [0.3, 0.4) is 0 Å². The van der Waals surface area contributed by atoms with Crippen LogP contribution in [-0.4, -0.2) is 20.9 Å². The van der Waals surface area contributed by atoms with Crippen LogP contribution in [0.5, 0.6) is 0 Å². The summed E-state index contributed by atoms with van der Waals surface area (Å²) < 4.78 is 14.1. The lowest BCUT2D eigenvalue weighted by atomic mass is 10.2. The summed E-state index contributed by atoms with van der Waals surface area (Å²) in [6.45, 7) is 0.329. The van der Waals surface area contributed by atoms with Gasteiger partial charge in [0.25, 0.3) is 5.91 Å². The summed E-state index contributed by atoms with van der Waals surface area (Å²) >= 11 is 0. The Labute approximate surface area is 97.3 Å². The fraction of sp³-hybridized carbons (Fsp3) is 0.182. The van der Waals surface area contributed by atoms with Crippen molar-refractivity contribution in [3.63, 3.8) is 0 Å². The molecule has 2 rings (SSSR count). The Morgan fingerprint density at radius 1 is 1.41 bits per heavy atom. The summed E-state index contributed by atoms with van der Waals surface area (Å²) in [5.74, 6) is -0.601. The molecule has 0 aliphatic carbocycles. The lowest BCUT2D eigenvalue weighted by Crippen LogP contribution is -2.23. The number of halogens is 1. The van der Waals surface area contributed by atoms with Gasteiger partial charge < -0.3 is 5.32 Å². The van der Waals surface area contributed by atoms with Crippen molar-refractivity contribution in [2.45, 2.75) is 6.54 Å². The van der Waals surface area contributed by atoms with Gasteiger partial charge in [-0.15, -0.1) is 5.10 Å². The molecule has 0 fully saturated rings. The van der Waals surface area contributed by atoms with Crippen LogP contribution in [0, 0.1) is 5.82 Å². The highest BCUT2D eigenvalue weighted by Gasteiger charge is 2.08. The molecule has 0 aliphatic rings. The number of hydrogen-bond acceptors (Lipinski definition) is 3. The first kappa shape index (κ1) is 11.3. The smallest absolute Gasteiger partial charge is 0.273 e. The van der Waals surface area contributed by atoms with Crippen LogP contribution in [0.25, 0.3) is 0 Å². The summed E-state index contributed by atoms with van der Waals surface area (Å²) in [6.07, 6.45) is 1.53. The van der Waals surface area contributed by atoms with E-state index in [1.54, 1.807) is 19.2 Å². The number of nitrogens with zero attached hydrogens (tertiary/aromatic N) is 3. The van der Waals surface area contributed by atoms with Gasteiger partial charge in [0.05, 0.1) is 6.20 Å². The fourth-order valence-electron chi connectivity index (χ4n) is 1.33. The van der Waals surface area contributed by atoms with Crippen molar-refractivity contribution in [3.05, 3.63) is 47.5 Å². The third-order valence-electron chi connectivity index (χ3n) is 2.20. The summed E-state index contributed by atoms with van der Waals surface area (Å²) in [5.41, 5.74) is 1.08. The van der Waals surface area contributed by atoms with Gasteiger partial charge in [0.15, 0.2) is 5.69 Å². The van der Waals surface area contributed by atoms with Crippen molar-refractivity contribution in [3.8, 4) is 0 Å². The lowest BCUT2D eigenvalue weighted by Gasteiger charge is -2.02. The number of nitrogens with one attached hydrogen (secondary N) is 1. The Balaban J connectivity index is 1.94. The van der Waals surface area contributed by atoms with Crippen molar-refractivity contribution in [2.75, 3.05) is 0 Å². The second kappa shape index (κ2) is 4.73. The Bertz CT molecular complexity index is 521. The molecule has 0 radical (unpaired) electrons. The maximum atomic E-state index is 12.6. The van der Waals surface area contributed by atoms with E-state index in [0.717, 1.165) is 5.56 Å². The molecule has 0 saturated carbocycles. The first-order valence-corrected chi connectivity index (χ1v) is 5.04. The van der Waals surface area contributed by atoms with Gasteiger partial charge in [0.2, 0.25) is 0 Å². The number of carbonyl (C=O) groups is 1. The molecule has 1 amide bonds. The van der Waals surface area contributed by atoms with Crippen LogP contribution in [0.15, 0.2) is 30.5 Å². The highest BCUT2D eigenvalue weighted by Crippen LogP contribution is 2.02. The largest absolute Gasteiger partial charge is 0.347 e. The van der Waals surface area contributed by atoms with Gasteiger partial charge in [-0.2, -0.15) is 0 Å². The van der Waals surface area contributed by atoms with E-state index < -0.39 is 0 Å². The van der Waals surface area contributed by atoms with E-state index in [1.165, 1.54) is 23.0 Å². The molecule has 1 N–H and O–H groups in total. The molecule has 0 bridgehead atoms. The predicted molar refractivity (Wildman–Crippen MR) is 58.6 cm³/mol. The van der Waals surface area contributed by atoms with Gasteiger partial charge in [-0.05, 0) is 17.7 Å². The Morgan fingerprint density at radius 3 is 2.71 bits per heavy atom. The first-order chi connectivity index (χ1) is 8.15. The molecule has 2 aromatic rings. The summed E-state index contributed by atoms with van der Waals surface area (Å²) in [5, 5.41) is 10.0. The molecule has 0 atom stereocenters. The van der Waals surface area contributed by atoms with Crippen LogP contribution in [-0.2, 0) is 13.6 Å². The number of carbonyl (C=O) groups excluding carboxylic acids is 1. The van der Waals surface area contributed by atoms with E-state index >= 15 is 0 Å². The first-order valence-electron chi connectivity index (χ1n) is 5.04. The lowest BCUT2D eigenvalue weighted by molar-refractivity contribution is 0.0946. The quantitative estimate of drug-likeness (QED) is 0.857. The van der Waals surface area contributed by atoms with Crippen molar-refractivity contribution < 1.29 is 9.18 Å². The van der Waals surface area contributed by atoms with Gasteiger partial charge >= 0.3 is 0 Å².